The quantitative estimate of drug-likeness (QED) is 0.647. The zero-order valence-corrected chi connectivity index (χ0v) is 17.8. The second-order valence-electron chi connectivity index (χ2n) is 8.06. The largest absolute Gasteiger partial charge is 0.346 e. The van der Waals surface area contributed by atoms with Gasteiger partial charge in [0.15, 0.2) is 0 Å². The SMILES string of the molecule is O=C(Nc1cccnc1)N1CC(S(=O)(=O)N2CCC(c3c[nH]c4ncccc34)CC2)C1. The van der Waals surface area contributed by atoms with Crippen LogP contribution in [0.1, 0.15) is 24.3 Å². The fourth-order valence-electron chi connectivity index (χ4n) is 4.38. The van der Waals surface area contributed by atoms with Gasteiger partial charge in [0.05, 0.1) is 11.9 Å². The summed E-state index contributed by atoms with van der Waals surface area (Å²) < 4.78 is 27.7. The zero-order valence-electron chi connectivity index (χ0n) is 16.9. The number of sulfonamides is 1. The van der Waals surface area contributed by atoms with Crippen molar-refractivity contribution in [1.82, 2.24) is 24.2 Å². The predicted octanol–water partition coefficient (Wildman–Crippen LogP) is 2.38. The van der Waals surface area contributed by atoms with E-state index in [9.17, 15) is 13.2 Å². The molecule has 2 saturated heterocycles. The van der Waals surface area contributed by atoms with Crippen molar-refractivity contribution in [3.8, 4) is 0 Å². The third kappa shape index (κ3) is 3.77. The number of urea groups is 1. The lowest BCUT2D eigenvalue weighted by Crippen LogP contribution is -2.61. The van der Waals surface area contributed by atoms with Crippen LogP contribution in [0.4, 0.5) is 10.5 Å². The molecule has 2 fully saturated rings. The van der Waals surface area contributed by atoms with Crippen molar-refractivity contribution in [1.29, 1.82) is 0 Å². The molecule has 2 N–H and O–H groups in total. The molecular weight excluding hydrogens is 416 g/mol. The molecule has 0 aromatic carbocycles. The highest BCUT2D eigenvalue weighted by Gasteiger charge is 2.43. The van der Waals surface area contributed by atoms with E-state index in [-0.39, 0.29) is 19.1 Å². The third-order valence-electron chi connectivity index (χ3n) is 6.21. The van der Waals surface area contributed by atoms with Crippen LogP contribution in [0, 0.1) is 0 Å². The number of aromatic nitrogens is 3. The molecule has 0 unspecified atom stereocenters. The van der Waals surface area contributed by atoms with Gasteiger partial charge in [-0.25, -0.2) is 22.5 Å². The van der Waals surface area contributed by atoms with Gasteiger partial charge in [-0.05, 0) is 48.6 Å². The van der Waals surface area contributed by atoms with Crippen LogP contribution < -0.4 is 5.32 Å². The van der Waals surface area contributed by atoms with E-state index < -0.39 is 15.3 Å². The molecule has 162 valence electrons. The molecule has 0 radical (unpaired) electrons. The summed E-state index contributed by atoms with van der Waals surface area (Å²) in [6.07, 6.45) is 8.49. The smallest absolute Gasteiger partial charge is 0.321 e. The van der Waals surface area contributed by atoms with Gasteiger partial charge in [0.1, 0.15) is 10.9 Å². The maximum absolute atomic E-state index is 13.0. The predicted molar refractivity (Wildman–Crippen MR) is 117 cm³/mol. The van der Waals surface area contributed by atoms with E-state index in [4.69, 9.17) is 0 Å². The Morgan fingerprint density at radius 2 is 1.90 bits per heavy atom. The number of aromatic amines is 1. The van der Waals surface area contributed by atoms with E-state index in [0.29, 0.717) is 24.7 Å². The molecule has 5 heterocycles. The average molecular weight is 441 g/mol. The van der Waals surface area contributed by atoms with Crippen LogP contribution in [-0.2, 0) is 10.0 Å². The Balaban J connectivity index is 1.17. The number of fused-ring (bicyclic) bond motifs is 1. The lowest BCUT2D eigenvalue weighted by Gasteiger charge is -2.42. The van der Waals surface area contributed by atoms with Crippen molar-refractivity contribution in [3.63, 3.8) is 0 Å². The number of piperidine rings is 1. The number of nitrogens with one attached hydrogen (secondary N) is 2. The van der Waals surface area contributed by atoms with Crippen molar-refractivity contribution in [2.24, 2.45) is 0 Å². The number of likely N-dealkylation sites (tertiary alicyclic amines) is 1. The van der Waals surface area contributed by atoms with Crippen molar-refractivity contribution >= 4 is 32.8 Å². The van der Waals surface area contributed by atoms with E-state index in [0.717, 1.165) is 23.9 Å². The van der Waals surface area contributed by atoms with Crippen LogP contribution in [0.2, 0.25) is 0 Å². The number of amides is 2. The van der Waals surface area contributed by atoms with Crippen LogP contribution in [0.25, 0.3) is 11.0 Å². The maximum Gasteiger partial charge on any atom is 0.321 e. The zero-order chi connectivity index (χ0) is 21.4. The molecular formula is C21H24N6O3S. The number of carbonyl (C=O) groups is 1. The van der Waals surface area contributed by atoms with Crippen LogP contribution in [0.15, 0.2) is 49.1 Å². The number of anilines is 1. The minimum atomic E-state index is -3.42. The number of rotatable bonds is 4. The molecule has 0 saturated carbocycles. The number of pyridine rings is 2. The summed E-state index contributed by atoms with van der Waals surface area (Å²) in [5.74, 6) is 0.313. The van der Waals surface area contributed by atoms with Crippen molar-refractivity contribution < 1.29 is 13.2 Å². The average Bonchev–Trinajstić information content (AvgIpc) is 3.17. The third-order valence-corrected chi connectivity index (χ3v) is 8.43. The first-order valence-corrected chi connectivity index (χ1v) is 11.9. The maximum atomic E-state index is 13.0. The summed E-state index contributed by atoms with van der Waals surface area (Å²) in [4.78, 5) is 25.3. The molecule has 31 heavy (non-hydrogen) atoms. The highest BCUT2D eigenvalue weighted by atomic mass is 32.2. The number of H-pyrrole nitrogens is 1. The molecule has 9 nitrogen and oxygen atoms in total. The summed E-state index contributed by atoms with van der Waals surface area (Å²) >= 11 is 0. The van der Waals surface area contributed by atoms with Crippen molar-refractivity contribution in [2.75, 3.05) is 31.5 Å². The second kappa shape index (κ2) is 7.93. The van der Waals surface area contributed by atoms with Gasteiger partial charge >= 0.3 is 6.03 Å². The minimum Gasteiger partial charge on any atom is -0.346 e. The second-order valence-corrected chi connectivity index (χ2v) is 10.3. The van der Waals surface area contributed by atoms with Gasteiger partial charge in [0.25, 0.3) is 0 Å². The molecule has 0 bridgehead atoms. The molecule has 2 aliphatic heterocycles. The Morgan fingerprint density at radius 1 is 1.13 bits per heavy atom. The Kier molecular flexibility index (Phi) is 5.11. The molecule has 0 aliphatic carbocycles. The molecule has 10 heteroatoms. The lowest BCUT2D eigenvalue weighted by atomic mass is 9.90. The van der Waals surface area contributed by atoms with Crippen molar-refractivity contribution in [3.05, 3.63) is 54.6 Å². The van der Waals surface area contributed by atoms with Gasteiger partial charge in [-0.15, -0.1) is 0 Å². The van der Waals surface area contributed by atoms with E-state index in [2.05, 4.69) is 26.3 Å². The van der Waals surface area contributed by atoms with Crippen LogP contribution in [0.3, 0.4) is 0 Å². The Bertz CT molecular complexity index is 1180. The standard InChI is InChI=1S/C21H24N6O3S/c28-21(25-16-3-1-7-22-11-16)26-13-17(14-26)31(29,30)27-9-5-15(6-10-27)19-12-24-20-18(19)4-2-8-23-20/h1-4,7-8,11-12,15,17H,5-6,9-10,13-14H2,(H,23,24)(H,25,28). The molecule has 3 aromatic heterocycles. The lowest BCUT2D eigenvalue weighted by molar-refractivity contribution is 0.179. The van der Waals surface area contributed by atoms with E-state index in [1.807, 2.05) is 12.3 Å². The number of nitrogens with zero attached hydrogens (tertiary/aromatic N) is 4. The number of hydrogen-bond donors (Lipinski definition) is 2. The molecule has 0 atom stereocenters. The molecule has 5 rings (SSSR count). The van der Waals surface area contributed by atoms with Gasteiger partial charge < -0.3 is 15.2 Å². The Hall–Kier alpha value is -2.98. The first kappa shape index (κ1) is 20.0. The monoisotopic (exact) mass is 440 g/mol. The summed E-state index contributed by atoms with van der Waals surface area (Å²) in [7, 11) is -3.42. The van der Waals surface area contributed by atoms with Gasteiger partial charge in [-0.3, -0.25) is 4.98 Å². The summed E-state index contributed by atoms with van der Waals surface area (Å²) in [6.45, 7) is 1.42. The van der Waals surface area contributed by atoms with Gasteiger partial charge in [-0.2, -0.15) is 0 Å². The number of hydrogen-bond acceptors (Lipinski definition) is 5. The fraction of sp³-hybridized carbons (Fsp3) is 0.381. The normalized spacial score (nSPS) is 18.8. The summed E-state index contributed by atoms with van der Waals surface area (Å²) in [5.41, 5.74) is 2.67. The number of carbonyl (C=O) groups excluding carboxylic acids is 1. The topological polar surface area (TPSA) is 111 Å². The Labute approximate surface area is 180 Å². The fourth-order valence-corrected chi connectivity index (χ4v) is 6.26. The molecule has 0 spiro atoms. The molecule has 3 aromatic rings. The van der Waals surface area contributed by atoms with Crippen molar-refractivity contribution in [2.45, 2.75) is 24.0 Å². The highest BCUT2D eigenvalue weighted by molar-refractivity contribution is 7.89. The van der Waals surface area contributed by atoms with E-state index in [1.165, 1.54) is 10.5 Å². The minimum absolute atomic E-state index is 0.211. The van der Waals surface area contributed by atoms with Gasteiger partial charge in [0.2, 0.25) is 10.0 Å². The summed E-state index contributed by atoms with van der Waals surface area (Å²) in [6, 6.07) is 7.15. The summed E-state index contributed by atoms with van der Waals surface area (Å²) in [5, 5.41) is 3.31. The van der Waals surface area contributed by atoms with Gasteiger partial charge in [-0.1, -0.05) is 0 Å². The van der Waals surface area contributed by atoms with Crippen LogP contribution in [0.5, 0.6) is 0 Å². The highest BCUT2D eigenvalue weighted by Crippen LogP contribution is 2.34. The van der Waals surface area contributed by atoms with Crippen LogP contribution >= 0.6 is 0 Å². The van der Waals surface area contributed by atoms with E-state index in [1.54, 1.807) is 35.0 Å². The molecule has 2 amide bonds. The first-order chi connectivity index (χ1) is 15.0. The first-order valence-electron chi connectivity index (χ1n) is 10.4. The van der Waals surface area contributed by atoms with E-state index >= 15 is 0 Å². The van der Waals surface area contributed by atoms with Crippen LogP contribution in [-0.4, -0.2) is 70.0 Å². The van der Waals surface area contributed by atoms with Gasteiger partial charge in [0, 0.05) is 50.2 Å². The Morgan fingerprint density at radius 3 is 2.65 bits per heavy atom. The molecule has 2 aliphatic rings.